The monoisotopic (exact) mass is 407 g/mol. The van der Waals surface area contributed by atoms with Crippen molar-refractivity contribution in [1.29, 1.82) is 0 Å². The van der Waals surface area contributed by atoms with Gasteiger partial charge in [-0.1, -0.05) is 13.8 Å². The number of carbonyl (C=O) groups is 1. The molecule has 1 aromatic rings. The SMILES string of the molecule is CCN(C(=O)NCc1cc(OC)cc(OC)c1)C1(C(O)CC(C)C)CCNCC1. The van der Waals surface area contributed by atoms with Crippen molar-refractivity contribution in [2.45, 2.75) is 58.2 Å². The van der Waals surface area contributed by atoms with E-state index >= 15 is 0 Å². The molecule has 1 heterocycles. The van der Waals surface area contributed by atoms with E-state index < -0.39 is 11.6 Å². The van der Waals surface area contributed by atoms with Crippen molar-refractivity contribution >= 4 is 6.03 Å². The Morgan fingerprint density at radius 3 is 2.28 bits per heavy atom. The minimum Gasteiger partial charge on any atom is -0.497 e. The molecular formula is C22H37N3O4. The van der Waals surface area contributed by atoms with Gasteiger partial charge in [-0.05, 0) is 62.9 Å². The van der Waals surface area contributed by atoms with Gasteiger partial charge in [0.1, 0.15) is 11.5 Å². The average Bonchev–Trinajstić information content (AvgIpc) is 2.72. The summed E-state index contributed by atoms with van der Waals surface area (Å²) in [6, 6.07) is 5.41. The van der Waals surface area contributed by atoms with Crippen LogP contribution in [0.25, 0.3) is 0 Å². The summed E-state index contributed by atoms with van der Waals surface area (Å²) in [6.07, 6.45) is 1.62. The van der Waals surface area contributed by atoms with Crippen LogP contribution in [-0.2, 0) is 6.54 Å². The molecule has 7 heteroatoms. The van der Waals surface area contributed by atoms with Gasteiger partial charge in [0, 0.05) is 19.2 Å². The molecule has 1 unspecified atom stereocenters. The van der Waals surface area contributed by atoms with Crippen LogP contribution in [0.2, 0.25) is 0 Å². The third kappa shape index (κ3) is 5.76. The molecule has 0 spiro atoms. The number of aliphatic hydroxyl groups is 1. The number of urea groups is 1. The van der Waals surface area contributed by atoms with Crippen molar-refractivity contribution in [2.75, 3.05) is 33.9 Å². The number of amides is 2. The highest BCUT2D eigenvalue weighted by atomic mass is 16.5. The van der Waals surface area contributed by atoms with Crippen LogP contribution >= 0.6 is 0 Å². The lowest BCUT2D eigenvalue weighted by atomic mass is 9.78. The zero-order valence-electron chi connectivity index (χ0n) is 18.5. The van der Waals surface area contributed by atoms with Crippen LogP contribution in [0.3, 0.4) is 0 Å². The van der Waals surface area contributed by atoms with Crippen LogP contribution < -0.4 is 20.1 Å². The highest BCUT2D eigenvalue weighted by Crippen LogP contribution is 2.33. The highest BCUT2D eigenvalue weighted by Gasteiger charge is 2.45. The molecule has 1 saturated heterocycles. The highest BCUT2D eigenvalue weighted by molar-refractivity contribution is 5.75. The maximum atomic E-state index is 13.2. The topological polar surface area (TPSA) is 83.1 Å². The Bertz CT molecular complexity index is 637. The molecule has 1 atom stereocenters. The van der Waals surface area contributed by atoms with Crippen molar-refractivity contribution in [3.63, 3.8) is 0 Å². The summed E-state index contributed by atoms with van der Waals surface area (Å²) in [5.41, 5.74) is 0.355. The second-order valence-corrected chi connectivity index (χ2v) is 8.12. The number of piperidine rings is 1. The van der Waals surface area contributed by atoms with Gasteiger partial charge >= 0.3 is 6.03 Å². The Balaban J connectivity index is 2.17. The molecule has 0 bridgehead atoms. The van der Waals surface area contributed by atoms with Crippen LogP contribution in [0, 0.1) is 5.92 Å². The number of nitrogens with zero attached hydrogens (tertiary/aromatic N) is 1. The van der Waals surface area contributed by atoms with E-state index in [0.717, 1.165) is 31.5 Å². The van der Waals surface area contributed by atoms with Crippen molar-refractivity contribution in [3.8, 4) is 11.5 Å². The zero-order valence-corrected chi connectivity index (χ0v) is 18.5. The summed E-state index contributed by atoms with van der Waals surface area (Å²) in [6.45, 7) is 8.67. The van der Waals surface area contributed by atoms with E-state index in [1.807, 2.05) is 24.0 Å². The second-order valence-electron chi connectivity index (χ2n) is 8.12. The summed E-state index contributed by atoms with van der Waals surface area (Å²) >= 11 is 0. The molecule has 0 aliphatic carbocycles. The van der Waals surface area contributed by atoms with E-state index in [-0.39, 0.29) is 6.03 Å². The number of hydrogen-bond donors (Lipinski definition) is 3. The van der Waals surface area contributed by atoms with Gasteiger partial charge in [0.05, 0.1) is 25.9 Å². The van der Waals surface area contributed by atoms with Gasteiger partial charge in [-0.3, -0.25) is 0 Å². The lowest BCUT2D eigenvalue weighted by Crippen LogP contribution is -2.64. The number of carbonyl (C=O) groups excluding carboxylic acids is 1. The maximum absolute atomic E-state index is 13.2. The van der Waals surface area contributed by atoms with Gasteiger partial charge < -0.3 is 30.1 Å². The zero-order chi connectivity index (χ0) is 21.4. The molecule has 3 N–H and O–H groups in total. The maximum Gasteiger partial charge on any atom is 0.318 e. The molecule has 0 saturated carbocycles. The van der Waals surface area contributed by atoms with E-state index in [2.05, 4.69) is 24.5 Å². The quantitative estimate of drug-likeness (QED) is 0.586. The first-order valence-electron chi connectivity index (χ1n) is 10.5. The lowest BCUT2D eigenvalue weighted by Gasteiger charge is -2.49. The first-order chi connectivity index (χ1) is 13.9. The van der Waals surface area contributed by atoms with Crippen LogP contribution in [0.5, 0.6) is 11.5 Å². The van der Waals surface area contributed by atoms with Crippen molar-refractivity contribution in [1.82, 2.24) is 15.5 Å². The van der Waals surface area contributed by atoms with Gasteiger partial charge in [0.2, 0.25) is 0 Å². The number of rotatable bonds is 9. The van der Waals surface area contributed by atoms with Crippen LogP contribution in [0.4, 0.5) is 4.79 Å². The smallest absolute Gasteiger partial charge is 0.318 e. The second kappa shape index (κ2) is 10.7. The predicted octanol–water partition coefficient (Wildman–Crippen LogP) is 2.76. The molecule has 0 radical (unpaired) electrons. The number of benzene rings is 1. The first kappa shape index (κ1) is 23.3. The fourth-order valence-electron chi connectivity index (χ4n) is 4.21. The Morgan fingerprint density at radius 2 is 1.79 bits per heavy atom. The number of likely N-dealkylation sites (N-methyl/N-ethyl adjacent to an activating group) is 1. The van der Waals surface area contributed by atoms with E-state index in [4.69, 9.17) is 9.47 Å². The summed E-state index contributed by atoms with van der Waals surface area (Å²) < 4.78 is 10.6. The first-order valence-corrected chi connectivity index (χ1v) is 10.5. The van der Waals surface area contributed by atoms with E-state index in [9.17, 15) is 9.90 Å². The third-order valence-corrected chi connectivity index (χ3v) is 5.74. The fraction of sp³-hybridized carbons (Fsp3) is 0.682. The largest absolute Gasteiger partial charge is 0.497 e. The van der Waals surface area contributed by atoms with Crippen LogP contribution in [0.1, 0.15) is 45.6 Å². The minimum atomic E-state index is -0.549. The van der Waals surface area contributed by atoms with E-state index in [1.54, 1.807) is 20.3 Å². The molecule has 7 nitrogen and oxygen atoms in total. The third-order valence-electron chi connectivity index (χ3n) is 5.74. The average molecular weight is 408 g/mol. The Morgan fingerprint density at radius 1 is 1.21 bits per heavy atom. The van der Waals surface area contributed by atoms with Gasteiger partial charge in [0.15, 0.2) is 0 Å². The summed E-state index contributed by atoms with van der Waals surface area (Å²) in [7, 11) is 3.21. The number of aliphatic hydroxyl groups excluding tert-OH is 1. The number of methoxy groups -OCH3 is 2. The van der Waals surface area contributed by atoms with Crippen LogP contribution in [0.15, 0.2) is 18.2 Å². The van der Waals surface area contributed by atoms with Crippen molar-refractivity contribution in [2.24, 2.45) is 5.92 Å². The van der Waals surface area contributed by atoms with Crippen molar-refractivity contribution < 1.29 is 19.4 Å². The van der Waals surface area contributed by atoms with Gasteiger partial charge in [-0.2, -0.15) is 0 Å². The minimum absolute atomic E-state index is 0.154. The molecule has 1 aliphatic heterocycles. The van der Waals surface area contributed by atoms with Crippen LogP contribution in [-0.4, -0.2) is 61.5 Å². The summed E-state index contributed by atoms with van der Waals surface area (Å²) in [4.78, 5) is 15.0. The molecule has 1 aromatic carbocycles. The summed E-state index contributed by atoms with van der Waals surface area (Å²) in [5.74, 6) is 1.73. The number of hydrogen-bond acceptors (Lipinski definition) is 5. The molecule has 29 heavy (non-hydrogen) atoms. The normalized spacial score (nSPS) is 16.9. The lowest BCUT2D eigenvalue weighted by molar-refractivity contribution is -0.0374. The fourth-order valence-corrected chi connectivity index (χ4v) is 4.21. The predicted molar refractivity (Wildman–Crippen MR) is 114 cm³/mol. The molecule has 2 amide bonds. The van der Waals surface area contributed by atoms with Gasteiger partial charge in [-0.25, -0.2) is 4.79 Å². The standard InChI is InChI=1S/C22H37N3O4/c1-6-25(22(7-9-23-10-8-22)20(26)11-16(2)3)21(27)24-15-17-12-18(28-4)14-19(13-17)29-5/h12-14,16,20,23,26H,6-11,15H2,1-5H3,(H,24,27). The van der Waals surface area contributed by atoms with Gasteiger partial charge in [0.25, 0.3) is 0 Å². The van der Waals surface area contributed by atoms with Gasteiger partial charge in [-0.15, -0.1) is 0 Å². The molecule has 1 fully saturated rings. The number of nitrogens with one attached hydrogen (secondary N) is 2. The Labute approximate surface area is 174 Å². The van der Waals surface area contributed by atoms with E-state index in [0.29, 0.717) is 36.9 Å². The Hall–Kier alpha value is -1.99. The molecular weight excluding hydrogens is 370 g/mol. The summed E-state index contributed by atoms with van der Waals surface area (Å²) in [5, 5.41) is 17.5. The Kier molecular flexibility index (Phi) is 8.59. The molecule has 2 rings (SSSR count). The van der Waals surface area contributed by atoms with Crippen molar-refractivity contribution in [3.05, 3.63) is 23.8 Å². The number of ether oxygens (including phenoxy) is 2. The van der Waals surface area contributed by atoms with E-state index in [1.165, 1.54) is 0 Å². The molecule has 164 valence electrons. The molecule has 1 aliphatic rings. The molecule has 0 aromatic heterocycles.